The van der Waals surface area contributed by atoms with Crippen LogP contribution < -0.4 is 5.32 Å². The van der Waals surface area contributed by atoms with Crippen molar-refractivity contribution in [2.24, 2.45) is 7.05 Å². The van der Waals surface area contributed by atoms with E-state index in [1.54, 1.807) is 31.6 Å². The zero-order valence-electron chi connectivity index (χ0n) is 13.5. The number of carbonyl (C=O) groups excluding carboxylic acids is 2. The molecule has 0 aliphatic carbocycles. The van der Waals surface area contributed by atoms with E-state index in [0.717, 1.165) is 12.1 Å². The van der Waals surface area contributed by atoms with Crippen molar-refractivity contribution in [3.8, 4) is 0 Å². The lowest BCUT2D eigenvalue weighted by atomic mass is 9.95. The third-order valence-corrected chi connectivity index (χ3v) is 4.33. The second-order valence-electron chi connectivity index (χ2n) is 5.69. The summed E-state index contributed by atoms with van der Waals surface area (Å²) < 4.78 is 7.13. The molecule has 1 aromatic heterocycles. The predicted molar refractivity (Wildman–Crippen MR) is 81.1 cm³/mol. The maximum absolute atomic E-state index is 12.6. The van der Waals surface area contributed by atoms with Gasteiger partial charge in [-0.05, 0) is 19.3 Å². The van der Waals surface area contributed by atoms with Gasteiger partial charge in [0.15, 0.2) is 0 Å². The van der Waals surface area contributed by atoms with Gasteiger partial charge in [0.2, 0.25) is 11.8 Å². The van der Waals surface area contributed by atoms with Crippen molar-refractivity contribution in [3.05, 3.63) is 18.2 Å². The lowest BCUT2D eigenvalue weighted by molar-refractivity contribution is -0.148. The molecule has 2 heterocycles. The van der Waals surface area contributed by atoms with E-state index in [-0.39, 0.29) is 18.4 Å². The minimum atomic E-state index is -0.868. The highest BCUT2D eigenvalue weighted by atomic mass is 16.5. The molecule has 0 spiro atoms. The van der Waals surface area contributed by atoms with Crippen LogP contribution in [0.5, 0.6) is 0 Å². The van der Waals surface area contributed by atoms with Gasteiger partial charge in [0.25, 0.3) is 0 Å². The Morgan fingerprint density at radius 3 is 2.86 bits per heavy atom. The molecule has 0 aromatic carbocycles. The Hall–Kier alpha value is -1.89. The average Bonchev–Trinajstić information content (AvgIpc) is 3.11. The van der Waals surface area contributed by atoms with Gasteiger partial charge in [-0.2, -0.15) is 0 Å². The maximum Gasteiger partial charge on any atom is 0.248 e. The van der Waals surface area contributed by atoms with Crippen LogP contribution >= 0.6 is 0 Å². The van der Waals surface area contributed by atoms with Gasteiger partial charge in [-0.1, -0.05) is 0 Å². The molecule has 1 atom stereocenters. The lowest BCUT2D eigenvalue weighted by Crippen LogP contribution is -2.59. The third-order valence-electron chi connectivity index (χ3n) is 4.33. The van der Waals surface area contributed by atoms with Crippen LogP contribution in [0, 0.1) is 0 Å². The fraction of sp³-hybridized carbons (Fsp3) is 0.667. The standard InChI is InChI=1S/C15H24N4O3/c1-16-14(21)15(10-22-3)7-4-8-19(15)13(20)6-5-12-9-17-11-18(12)2/h9,11H,4-8,10H2,1-3H3,(H,16,21). The van der Waals surface area contributed by atoms with Crippen molar-refractivity contribution in [1.82, 2.24) is 19.8 Å². The number of aryl methyl sites for hydroxylation is 2. The highest BCUT2D eigenvalue weighted by Crippen LogP contribution is 2.31. The third kappa shape index (κ3) is 2.99. The van der Waals surface area contributed by atoms with Crippen molar-refractivity contribution in [3.63, 3.8) is 0 Å². The molecule has 7 nitrogen and oxygen atoms in total. The lowest BCUT2D eigenvalue weighted by Gasteiger charge is -2.36. The second kappa shape index (κ2) is 6.91. The number of carbonyl (C=O) groups is 2. The number of nitrogens with one attached hydrogen (secondary N) is 1. The number of nitrogens with zero attached hydrogens (tertiary/aromatic N) is 3. The minimum Gasteiger partial charge on any atom is -0.382 e. The Labute approximate surface area is 130 Å². The van der Waals surface area contributed by atoms with E-state index in [0.29, 0.717) is 25.8 Å². The minimum absolute atomic E-state index is 0.0145. The number of aromatic nitrogens is 2. The van der Waals surface area contributed by atoms with Crippen molar-refractivity contribution >= 4 is 11.8 Å². The fourth-order valence-corrected chi connectivity index (χ4v) is 3.16. The van der Waals surface area contributed by atoms with E-state index in [1.807, 2.05) is 11.6 Å². The molecule has 2 amide bonds. The summed E-state index contributed by atoms with van der Waals surface area (Å²) in [5, 5.41) is 2.67. The van der Waals surface area contributed by atoms with Crippen molar-refractivity contribution < 1.29 is 14.3 Å². The number of likely N-dealkylation sites (N-methyl/N-ethyl adjacent to an activating group) is 1. The zero-order valence-corrected chi connectivity index (χ0v) is 13.5. The summed E-state index contributed by atoms with van der Waals surface area (Å²) in [6.07, 6.45) is 5.91. The number of hydrogen-bond acceptors (Lipinski definition) is 4. The van der Waals surface area contributed by atoms with Crippen LogP contribution in [0.1, 0.15) is 25.0 Å². The maximum atomic E-state index is 12.6. The van der Waals surface area contributed by atoms with E-state index in [9.17, 15) is 9.59 Å². The highest BCUT2D eigenvalue weighted by Gasteiger charge is 2.49. The highest BCUT2D eigenvalue weighted by molar-refractivity contribution is 5.92. The summed E-state index contributed by atoms with van der Waals surface area (Å²) in [6, 6.07) is 0. The molecule has 1 unspecified atom stereocenters. The van der Waals surface area contributed by atoms with Gasteiger partial charge in [0, 0.05) is 46.1 Å². The summed E-state index contributed by atoms with van der Waals surface area (Å²) in [5.41, 5.74) is 0.136. The van der Waals surface area contributed by atoms with Crippen LogP contribution in [0.3, 0.4) is 0 Å². The van der Waals surface area contributed by atoms with Crippen LogP contribution in [0.15, 0.2) is 12.5 Å². The molecule has 1 fully saturated rings. The largest absolute Gasteiger partial charge is 0.382 e. The van der Waals surface area contributed by atoms with Gasteiger partial charge < -0.3 is 19.5 Å². The molecule has 1 aliphatic heterocycles. The smallest absolute Gasteiger partial charge is 0.248 e. The Morgan fingerprint density at radius 2 is 2.27 bits per heavy atom. The molecule has 22 heavy (non-hydrogen) atoms. The summed E-state index contributed by atoms with van der Waals surface area (Å²) >= 11 is 0. The number of ether oxygens (including phenoxy) is 1. The number of imidazole rings is 1. The molecule has 0 radical (unpaired) electrons. The molecular weight excluding hydrogens is 284 g/mol. The normalized spacial score (nSPS) is 21.1. The van der Waals surface area contributed by atoms with Gasteiger partial charge >= 0.3 is 0 Å². The second-order valence-corrected chi connectivity index (χ2v) is 5.69. The molecule has 1 aliphatic rings. The first-order valence-electron chi connectivity index (χ1n) is 7.52. The van der Waals surface area contributed by atoms with Crippen molar-refractivity contribution in [1.29, 1.82) is 0 Å². The monoisotopic (exact) mass is 308 g/mol. The molecule has 0 saturated carbocycles. The van der Waals surface area contributed by atoms with Gasteiger partial charge in [0.1, 0.15) is 5.54 Å². The van der Waals surface area contributed by atoms with E-state index in [4.69, 9.17) is 4.74 Å². The topological polar surface area (TPSA) is 76.5 Å². The molecule has 1 aromatic rings. The Morgan fingerprint density at radius 1 is 1.50 bits per heavy atom. The zero-order chi connectivity index (χ0) is 16.2. The Balaban J connectivity index is 2.09. The first kappa shape index (κ1) is 16.5. The first-order chi connectivity index (χ1) is 10.5. The Bertz CT molecular complexity index is 543. The number of likely N-dealkylation sites (tertiary alicyclic amines) is 1. The molecule has 1 N–H and O–H groups in total. The van der Waals surface area contributed by atoms with Crippen molar-refractivity contribution in [2.45, 2.75) is 31.2 Å². The number of rotatable bonds is 6. The van der Waals surface area contributed by atoms with Gasteiger partial charge in [-0.25, -0.2) is 4.98 Å². The van der Waals surface area contributed by atoms with E-state index >= 15 is 0 Å². The molecule has 0 bridgehead atoms. The summed E-state index contributed by atoms with van der Waals surface area (Å²) in [4.78, 5) is 30.7. The molecule has 1 saturated heterocycles. The molecule has 2 rings (SSSR count). The van der Waals surface area contributed by atoms with Gasteiger partial charge in [-0.15, -0.1) is 0 Å². The number of hydrogen-bond donors (Lipinski definition) is 1. The summed E-state index contributed by atoms with van der Waals surface area (Å²) in [5.74, 6) is -0.167. The molecule has 7 heteroatoms. The van der Waals surface area contributed by atoms with Crippen LogP contribution in [-0.4, -0.2) is 59.1 Å². The fourth-order valence-electron chi connectivity index (χ4n) is 3.16. The number of amides is 2. The Kier molecular flexibility index (Phi) is 5.18. The quantitative estimate of drug-likeness (QED) is 0.809. The van der Waals surface area contributed by atoms with Crippen molar-refractivity contribution in [2.75, 3.05) is 27.3 Å². The molecule has 122 valence electrons. The van der Waals surface area contributed by atoms with Gasteiger partial charge in [-0.3, -0.25) is 9.59 Å². The van der Waals surface area contributed by atoms with Crippen LogP contribution in [0.25, 0.3) is 0 Å². The summed E-state index contributed by atoms with van der Waals surface area (Å²) in [7, 11) is 5.06. The van der Waals surface area contributed by atoms with Crippen LogP contribution in [-0.2, 0) is 27.8 Å². The van der Waals surface area contributed by atoms with Crippen LogP contribution in [0.4, 0.5) is 0 Å². The predicted octanol–water partition coefficient (Wildman–Crippen LogP) is 0.106. The average molecular weight is 308 g/mol. The van der Waals surface area contributed by atoms with Crippen LogP contribution in [0.2, 0.25) is 0 Å². The molecular formula is C15H24N4O3. The SMILES string of the molecule is CNC(=O)C1(COC)CCCN1C(=O)CCc1cncn1C. The van der Waals surface area contributed by atoms with E-state index in [1.165, 1.54) is 0 Å². The first-order valence-corrected chi connectivity index (χ1v) is 7.52. The van der Waals surface area contributed by atoms with E-state index in [2.05, 4.69) is 10.3 Å². The van der Waals surface area contributed by atoms with Gasteiger partial charge in [0.05, 0.1) is 12.9 Å². The summed E-state index contributed by atoms with van der Waals surface area (Å²) in [6.45, 7) is 0.825. The van der Waals surface area contributed by atoms with E-state index < -0.39 is 5.54 Å². The number of methoxy groups -OCH3 is 1.